The van der Waals surface area contributed by atoms with E-state index in [9.17, 15) is 0 Å². The minimum atomic E-state index is 0. The molecule has 1 atom stereocenters. The number of rotatable bonds is 7. The molecule has 0 bridgehead atoms. The van der Waals surface area contributed by atoms with Gasteiger partial charge in [0.25, 0.3) is 0 Å². The average molecular weight is 380 g/mol. The summed E-state index contributed by atoms with van der Waals surface area (Å²) in [6.07, 6.45) is 5.53. The number of hydrogen-bond acceptors (Lipinski definition) is 2. The SMILES string of the molecule is CCNC(=NCC(C1CC1)N(C)C)NCC1CC1.I. The molecule has 0 aromatic carbocycles. The maximum atomic E-state index is 4.75. The van der Waals surface area contributed by atoms with Crippen LogP contribution in [0, 0.1) is 11.8 Å². The monoisotopic (exact) mass is 380 g/mol. The van der Waals surface area contributed by atoms with Gasteiger partial charge in [-0.3, -0.25) is 4.99 Å². The summed E-state index contributed by atoms with van der Waals surface area (Å²) in [7, 11) is 4.34. The first-order chi connectivity index (χ1) is 8.70. The average Bonchev–Trinajstić information content (AvgIpc) is 3.18. The molecule has 5 heteroatoms. The third-order valence-electron chi connectivity index (χ3n) is 3.87. The fraction of sp³-hybridized carbons (Fsp3) is 0.929. The Bertz CT molecular complexity index is 283. The Morgan fingerprint density at radius 2 is 1.89 bits per heavy atom. The second kappa shape index (κ2) is 8.29. The van der Waals surface area contributed by atoms with Gasteiger partial charge in [-0.15, -0.1) is 24.0 Å². The zero-order valence-corrected chi connectivity index (χ0v) is 14.8. The molecular formula is C14H29IN4. The van der Waals surface area contributed by atoms with E-state index in [0.29, 0.717) is 6.04 Å². The van der Waals surface area contributed by atoms with Gasteiger partial charge < -0.3 is 15.5 Å². The smallest absolute Gasteiger partial charge is 0.191 e. The molecule has 0 saturated heterocycles. The molecule has 19 heavy (non-hydrogen) atoms. The zero-order chi connectivity index (χ0) is 13.0. The van der Waals surface area contributed by atoms with E-state index in [1.807, 2.05) is 0 Å². The maximum Gasteiger partial charge on any atom is 0.191 e. The Labute approximate surface area is 134 Å². The van der Waals surface area contributed by atoms with Gasteiger partial charge in [-0.25, -0.2) is 0 Å². The van der Waals surface area contributed by atoms with Gasteiger partial charge in [0.2, 0.25) is 0 Å². The highest BCUT2D eigenvalue weighted by atomic mass is 127. The Balaban J connectivity index is 0.00000180. The Morgan fingerprint density at radius 1 is 1.21 bits per heavy atom. The predicted molar refractivity (Wildman–Crippen MR) is 92.3 cm³/mol. The molecule has 2 aliphatic carbocycles. The second-order valence-corrected chi connectivity index (χ2v) is 5.91. The van der Waals surface area contributed by atoms with Crippen molar-refractivity contribution in [2.24, 2.45) is 16.8 Å². The van der Waals surface area contributed by atoms with Gasteiger partial charge in [0.15, 0.2) is 5.96 Å². The van der Waals surface area contributed by atoms with Gasteiger partial charge in [0, 0.05) is 19.1 Å². The normalized spacial score (nSPS) is 20.9. The third kappa shape index (κ3) is 6.29. The molecule has 2 N–H and O–H groups in total. The number of nitrogens with zero attached hydrogens (tertiary/aromatic N) is 2. The Kier molecular flexibility index (Phi) is 7.42. The van der Waals surface area contributed by atoms with Crippen molar-refractivity contribution in [2.45, 2.75) is 38.6 Å². The van der Waals surface area contributed by atoms with Crippen LogP contribution in [0.25, 0.3) is 0 Å². The molecule has 4 nitrogen and oxygen atoms in total. The van der Waals surface area contributed by atoms with Gasteiger partial charge in [-0.1, -0.05) is 0 Å². The van der Waals surface area contributed by atoms with Crippen molar-refractivity contribution in [1.29, 1.82) is 0 Å². The van der Waals surface area contributed by atoms with Crippen molar-refractivity contribution in [3.8, 4) is 0 Å². The largest absolute Gasteiger partial charge is 0.357 e. The molecule has 0 amide bonds. The molecule has 0 heterocycles. The summed E-state index contributed by atoms with van der Waals surface area (Å²) >= 11 is 0. The molecule has 0 aliphatic heterocycles. The summed E-state index contributed by atoms with van der Waals surface area (Å²) < 4.78 is 0. The molecule has 2 fully saturated rings. The van der Waals surface area contributed by atoms with Crippen molar-refractivity contribution in [1.82, 2.24) is 15.5 Å². The maximum absolute atomic E-state index is 4.75. The topological polar surface area (TPSA) is 39.7 Å². The van der Waals surface area contributed by atoms with E-state index >= 15 is 0 Å². The summed E-state index contributed by atoms with van der Waals surface area (Å²) in [5.41, 5.74) is 0. The van der Waals surface area contributed by atoms with E-state index in [2.05, 4.69) is 36.6 Å². The molecule has 112 valence electrons. The number of guanidine groups is 1. The summed E-state index contributed by atoms with van der Waals surface area (Å²) in [5, 5.41) is 6.80. The fourth-order valence-corrected chi connectivity index (χ4v) is 2.30. The van der Waals surface area contributed by atoms with Crippen LogP contribution in [0.1, 0.15) is 32.6 Å². The predicted octanol–water partition coefficient (Wildman–Crippen LogP) is 1.91. The van der Waals surface area contributed by atoms with Crippen LogP contribution in [0.15, 0.2) is 4.99 Å². The second-order valence-electron chi connectivity index (χ2n) is 5.91. The Morgan fingerprint density at radius 3 is 2.37 bits per heavy atom. The van der Waals surface area contributed by atoms with Crippen molar-refractivity contribution in [3.63, 3.8) is 0 Å². The lowest BCUT2D eigenvalue weighted by molar-refractivity contribution is 0.271. The van der Waals surface area contributed by atoms with Crippen molar-refractivity contribution < 1.29 is 0 Å². The molecule has 0 radical (unpaired) electrons. The summed E-state index contributed by atoms with van der Waals surface area (Å²) in [4.78, 5) is 7.07. The van der Waals surface area contributed by atoms with Crippen LogP contribution in [0.4, 0.5) is 0 Å². The van der Waals surface area contributed by atoms with Crippen LogP contribution >= 0.6 is 24.0 Å². The molecule has 2 rings (SSSR count). The minimum absolute atomic E-state index is 0. The standard InChI is InChI=1S/C14H28N4.HI/c1-4-15-14(16-9-11-5-6-11)17-10-13(18(2)3)12-7-8-12;/h11-13H,4-10H2,1-3H3,(H2,15,16,17);1H. The van der Waals surface area contributed by atoms with Crippen LogP contribution in [-0.2, 0) is 0 Å². The van der Waals surface area contributed by atoms with Gasteiger partial charge >= 0.3 is 0 Å². The van der Waals surface area contributed by atoms with E-state index in [-0.39, 0.29) is 24.0 Å². The van der Waals surface area contributed by atoms with E-state index in [4.69, 9.17) is 4.99 Å². The van der Waals surface area contributed by atoms with E-state index in [1.54, 1.807) is 0 Å². The van der Waals surface area contributed by atoms with Crippen LogP contribution in [0.2, 0.25) is 0 Å². The first-order valence-corrected chi connectivity index (χ1v) is 7.39. The van der Waals surface area contributed by atoms with Crippen LogP contribution in [0.5, 0.6) is 0 Å². The molecule has 0 spiro atoms. The lowest BCUT2D eigenvalue weighted by Gasteiger charge is -2.22. The fourth-order valence-electron chi connectivity index (χ4n) is 2.30. The van der Waals surface area contributed by atoms with Crippen molar-refractivity contribution in [3.05, 3.63) is 0 Å². The van der Waals surface area contributed by atoms with Gasteiger partial charge in [0.05, 0.1) is 6.54 Å². The summed E-state index contributed by atoms with van der Waals surface area (Å²) in [6.45, 7) is 5.06. The highest BCUT2D eigenvalue weighted by Gasteiger charge is 2.32. The van der Waals surface area contributed by atoms with E-state index in [0.717, 1.165) is 37.4 Å². The highest BCUT2D eigenvalue weighted by molar-refractivity contribution is 14.0. The summed E-state index contributed by atoms with van der Waals surface area (Å²) in [5.74, 6) is 2.76. The van der Waals surface area contributed by atoms with Crippen LogP contribution < -0.4 is 10.6 Å². The van der Waals surface area contributed by atoms with Crippen LogP contribution in [0.3, 0.4) is 0 Å². The third-order valence-corrected chi connectivity index (χ3v) is 3.87. The number of hydrogen-bond donors (Lipinski definition) is 2. The highest BCUT2D eigenvalue weighted by Crippen LogP contribution is 2.34. The number of nitrogens with one attached hydrogen (secondary N) is 2. The first kappa shape index (κ1) is 17.0. The van der Waals surface area contributed by atoms with Gasteiger partial charge in [-0.2, -0.15) is 0 Å². The molecule has 0 aromatic heterocycles. The van der Waals surface area contributed by atoms with E-state index < -0.39 is 0 Å². The first-order valence-electron chi connectivity index (χ1n) is 7.39. The quantitative estimate of drug-likeness (QED) is 0.403. The van der Waals surface area contributed by atoms with Gasteiger partial charge in [-0.05, 0) is 58.5 Å². The molecule has 1 unspecified atom stereocenters. The number of likely N-dealkylation sites (N-methyl/N-ethyl adjacent to an activating group) is 1. The molecule has 2 aliphatic rings. The number of aliphatic imine (C=N–C) groups is 1. The number of halogens is 1. The summed E-state index contributed by atoms with van der Waals surface area (Å²) in [6, 6.07) is 0.612. The lowest BCUT2D eigenvalue weighted by atomic mass is 10.2. The molecular weight excluding hydrogens is 351 g/mol. The molecule has 2 saturated carbocycles. The zero-order valence-electron chi connectivity index (χ0n) is 12.5. The van der Waals surface area contributed by atoms with Crippen LogP contribution in [-0.4, -0.2) is 50.6 Å². The minimum Gasteiger partial charge on any atom is -0.357 e. The molecule has 0 aromatic rings. The Hall–Kier alpha value is -0.0400. The lowest BCUT2D eigenvalue weighted by Crippen LogP contribution is -2.40. The van der Waals surface area contributed by atoms with Crippen molar-refractivity contribution >= 4 is 29.9 Å². The van der Waals surface area contributed by atoms with Gasteiger partial charge in [0.1, 0.15) is 0 Å². The van der Waals surface area contributed by atoms with Crippen molar-refractivity contribution in [2.75, 3.05) is 33.7 Å². The van der Waals surface area contributed by atoms with E-state index in [1.165, 1.54) is 25.7 Å².